The van der Waals surface area contributed by atoms with Crippen LogP contribution in [-0.2, 0) is 9.53 Å². The maximum Gasteiger partial charge on any atom is 0.407 e. The Kier molecular flexibility index (Phi) is 6.22. The number of carbonyl (C=O) groups excluding carboxylic acids is 2. The first kappa shape index (κ1) is 14.5. The minimum atomic E-state index is -0.509. The van der Waals surface area contributed by atoms with Crippen LogP contribution in [0.15, 0.2) is 12.7 Å². The molecular formula is C11H20N2O3. The molecule has 2 amide bonds. The number of ether oxygens (including phenoxy) is 1. The third-order valence-electron chi connectivity index (χ3n) is 1.69. The lowest BCUT2D eigenvalue weighted by molar-refractivity contribution is -0.128. The fourth-order valence-electron chi connectivity index (χ4n) is 0.791. The van der Waals surface area contributed by atoms with Crippen LogP contribution in [0.5, 0.6) is 0 Å². The average Bonchev–Trinajstić information content (AvgIpc) is 2.19. The molecule has 0 saturated carbocycles. The molecule has 0 aliphatic rings. The van der Waals surface area contributed by atoms with E-state index >= 15 is 0 Å². The van der Waals surface area contributed by atoms with Gasteiger partial charge in [-0.3, -0.25) is 4.79 Å². The average molecular weight is 228 g/mol. The Balaban J connectivity index is 3.57. The lowest BCUT2D eigenvalue weighted by atomic mass is 9.96. The summed E-state index contributed by atoms with van der Waals surface area (Å²) >= 11 is 0. The largest absolute Gasteiger partial charge is 0.445 e. The van der Waals surface area contributed by atoms with E-state index in [0.29, 0.717) is 13.1 Å². The number of nitrogens with one attached hydrogen (secondary N) is 2. The molecule has 0 unspecified atom stereocenters. The molecule has 0 aromatic rings. The van der Waals surface area contributed by atoms with Crippen molar-refractivity contribution in [3.05, 3.63) is 12.7 Å². The molecule has 2 N–H and O–H groups in total. The van der Waals surface area contributed by atoms with E-state index in [9.17, 15) is 9.59 Å². The highest BCUT2D eigenvalue weighted by Crippen LogP contribution is 2.11. The van der Waals surface area contributed by atoms with E-state index in [1.807, 2.05) is 20.8 Å². The normalized spacial score (nSPS) is 10.4. The Morgan fingerprint density at radius 2 is 1.81 bits per heavy atom. The van der Waals surface area contributed by atoms with Crippen LogP contribution in [0.25, 0.3) is 0 Å². The van der Waals surface area contributed by atoms with Crippen molar-refractivity contribution < 1.29 is 14.3 Å². The summed E-state index contributed by atoms with van der Waals surface area (Å²) in [5.74, 6) is -0.0474. The standard InChI is InChI=1S/C11H20N2O3/c1-5-8-16-10(15)13-7-6-12-9(14)11(2,3)4/h5H,1,6-8H2,2-4H3,(H,12,14)(H,13,15). The molecule has 16 heavy (non-hydrogen) atoms. The van der Waals surface area contributed by atoms with E-state index in [0.717, 1.165) is 0 Å². The first-order chi connectivity index (χ1) is 7.38. The molecule has 0 rings (SSSR count). The highest BCUT2D eigenvalue weighted by molar-refractivity contribution is 5.81. The van der Waals surface area contributed by atoms with Gasteiger partial charge < -0.3 is 15.4 Å². The van der Waals surface area contributed by atoms with Crippen molar-refractivity contribution in [2.24, 2.45) is 5.41 Å². The van der Waals surface area contributed by atoms with Gasteiger partial charge in [-0.1, -0.05) is 33.4 Å². The number of alkyl carbamates (subject to hydrolysis) is 1. The zero-order valence-electron chi connectivity index (χ0n) is 10.1. The zero-order chi connectivity index (χ0) is 12.6. The molecule has 0 aromatic heterocycles. The second-order valence-electron chi connectivity index (χ2n) is 4.32. The molecule has 0 radical (unpaired) electrons. The molecule has 0 aromatic carbocycles. The molecule has 0 saturated heterocycles. The SMILES string of the molecule is C=CCOC(=O)NCCNC(=O)C(C)(C)C. The molecule has 0 spiro atoms. The Hall–Kier alpha value is -1.52. The molecule has 5 nitrogen and oxygen atoms in total. The Morgan fingerprint density at radius 3 is 2.31 bits per heavy atom. The van der Waals surface area contributed by atoms with Crippen molar-refractivity contribution in [2.75, 3.05) is 19.7 Å². The van der Waals surface area contributed by atoms with Crippen LogP contribution in [0.3, 0.4) is 0 Å². The van der Waals surface area contributed by atoms with E-state index in [4.69, 9.17) is 0 Å². The number of amides is 2. The summed E-state index contributed by atoms with van der Waals surface area (Å²) in [5, 5.41) is 5.21. The fourth-order valence-corrected chi connectivity index (χ4v) is 0.791. The molecule has 0 aliphatic heterocycles. The van der Waals surface area contributed by atoms with E-state index in [1.54, 1.807) is 0 Å². The number of rotatable bonds is 5. The van der Waals surface area contributed by atoms with Crippen molar-refractivity contribution in [1.82, 2.24) is 10.6 Å². The van der Waals surface area contributed by atoms with Crippen LogP contribution in [-0.4, -0.2) is 31.7 Å². The van der Waals surface area contributed by atoms with E-state index in [1.165, 1.54) is 6.08 Å². The topological polar surface area (TPSA) is 67.4 Å². The smallest absolute Gasteiger partial charge is 0.407 e. The van der Waals surface area contributed by atoms with Gasteiger partial charge in [-0.2, -0.15) is 0 Å². The van der Waals surface area contributed by atoms with Crippen LogP contribution in [0, 0.1) is 5.41 Å². The van der Waals surface area contributed by atoms with Crippen molar-refractivity contribution in [1.29, 1.82) is 0 Å². The van der Waals surface area contributed by atoms with Crippen molar-refractivity contribution in [2.45, 2.75) is 20.8 Å². The summed E-state index contributed by atoms with van der Waals surface area (Å²) < 4.78 is 4.68. The molecule has 0 atom stereocenters. The lowest BCUT2D eigenvalue weighted by Gasteiger charge is -2.17. The summed E-state index contributed by atoms with van der Waals surface area (Å²) in [4.78, 5) is 22.4. The Morgan fingerprint density at radius 1 is 1.25 bits per heavy atom. The third-order valence-corrected chi connectivity index (χ3v) is 1.69. The van der Waals surface area contributed by atoms with Gasteiger partial charge in [-0.05, 0) is 0 Å². The maximum atomic E-state index is 11.4. The third kappa shape index (κ3) is 6.86. The summed E-state index contributed by atoms with van der Waals surface area (Å²) in [7, 11) is 0. The predicted octanol–water partition coefficient (Wildman–Crippen LogP) is 1.06. The van der Waals surface area contributed by atoms with Gasteiger partial charge in [0.25, 0.3) is 0 Å². The summed E-state index contributed by atoms with van der Waals surface area (Å²) in [5.41, 5.74) is -0.413. The molecule has 5 heteroatoms. The number of hydrogen-bond donors (Lipinski definition) is 2. The molecule has 0 bridgehead atoms. The zero-order valence-corrected chi connectivity index (χ0v) is 10.1. The van der Waals surface area contributed by atoms with Gasteiger partial charge in [-0.15, -0.1) is 0 Å². The number of carbonyl (C=O) groups is 2. The van der Waals surface area contributed by atoms with Gasteiger partial charge in [0.15, 0.2) is 0 Å². The minimum Gasteiger partial charge on any atom is -0.445 e. The van der Waals surface area contributed by atoms with Gasteiger partial charge in [0, 0.05) is 18.5 Å². The van der Waals surface area contributed by atoms with Gasteiger partial charge in [0.2, 0.25) is 5.91 Å². The number of hydrogen-bond acceptors (Lipinski definition) is 3. The van der Waals surface area contributed by atoms with Crippen molar-refractivity contribution in [3.8, 4) is 0 Å². The molecule has 0 fully saturated rings. The van der Waals surface area contributed by atoms with Crippen molar-refractivity contribution >= 4 is 12.0 Å². The summed E-state index contributed by atoms with van der Waals surface area (Å²) in [6, 6.07) is 0. The van der Waals surface area contributed by atoms with Crippen LogP contribution in [0.2, 0.25) is 0 Å². The highest BCUT2D eigenvalue weighted by atomic mass is 16.5. The summed E-state index contributed by atoms with van der Waals surface area (Å²) in [6.45, 7) is 9.81. The van der Waals surface area contributed by atoms with Crippen LogP contribution >= 0.6 is 0 Å². The van der Waals surface area contributed by atoms with Gasteiger partial charge >= 0.3 is 6.09 Å². The van der Waals surface area contributed by atoms with Crippen molar-refractivity contribution in [3.63, 3.8) is 0 Å². The Bertz CT molecular complexity index is 256. The van der Waals surface area contributed by atoms with E-state index in [-0.39, 0.29) is 12.5 Å². The second-order valence-corrected chi connectivity index (χ2v) is 4.32. The van der Waals surface area contributed by atoms with Gasteiger partial charge in [0.1, 0.15) is 6.61 Å². The highest BCUT2D eigenvalue weighted by Gasteiger charge is 2.20. The second kappa shape index (κ2) is 6.87. The minimum absolute atomic E-state index is 0.0474. The van der Waals surface area contributed by atoms with E-state index < -0.39 is 11.5 Å². The fraction of sp³-hybridized carbons (Fsp3) is 0.636. The first-order valence-electron chi connectivity index (χ1n) is 5.17. The molecule has 0 heterocycles. The van der Waals surface area contributed by atoms with Gasteiger partial charge in [-0.25, -0.2) is 4.79 Å². The van der Waals surface area contributed by atoms with Crippen LogP contribution < -0.4 is 10.6 Å². The Labute approximate surface area is 96.2 Å². The molecule has 92 valence electrons. The van der Waals surface area contributed by atoms with Gasteiger partial charge in [0.05, 0.1) is 0 Å². The van der Waals surface area contributed by atoms with Crippen LogP contribution in [0.4, 0.5) is 4.79 Å². The molecule has 0 aliphatic carbocycles. The lowest BCUT2D eigenvalue weighted by Crippen LogP contribution is -2.40. The predicted molar refractivity (Wildman–Crippen MR) is 62.0 cm³/mol. The first-order valence-corrected chi connectivity index (χ1v) is 5.17. The quantitative estimate of drug-likeness (QED) is 0.546. The van der Waals surface area contributed by atoms with E-state index in [2.05, 4.69) is 21.9 Å². The van der Waals surface area contributed by atoms with Crippen LogP contribution in [0.1, 0.15) is 20.8 Å². The molecular weight excluding hydrogens is 208 g/mol. The monoisotopic (exact) mass is 228 g/mol. The maximum absolute atomic E-state index is 11.4. The summed E-state index contributed by atoms with van der Waals surface area (Å²) in [6.07, 6.45) is 0.978.